The Morgan fingerprint density at radius 1 is 1.11 bits per heavy atom. The van der Waals surface area contributed by atoms with Crippen LogP contribution in [0.15, 0.2) is 36.5 Å². The van der Waals surface area contributed by atoms with E-state index in [4.69, 9.17) is 5.26 Å². The van der Waals surface area contributed by atoms with Crippen molar-refractivity contribution in [3.8, 4) is 17.3 Å². The number of pyridine rings is 1. The first kappa shape index (κ1) is 13.8. The van der Waals surface area contributed by atoms with Crippen LogP contribution in [0.3, 0.4) is 0 Å². The SMILES string of the molecule is Cc1cc(-c2ccc(C#N)cc2)nc[c]1[Ge]([CH3])([CH3])[CH3]. The minimum absolute atomic E-state index is 0.682. The minimum atomic E-state index is -1.82. The van der Waals surface area contributed by atoms with E-state index in [2.05, 4.69) is 41.3 Å². The first-order valence-corrected chi connectivity index (χ1v) is 13.7. The zero-order valence-corrected chi connectivity index (χ0v) is 14.0. The van der Waals surface area contributed by atoms with Crippen molar-refractivity contribution in [1.82, 2.24) is 4.98 Å². The molecule has 19 heavy (non-hydrogen) atoms. The molecule has 0 aliphatic rings. The molecule has 0 saturated heterocycles. The molecule has 0 unspecified atom stereocenters. The third-order valence-electron chi connectivity index (χ3n) is 3.23. The third-order valence-corrected chi connectivity index (χ3v) is 7.72. The molecule has 0 saturated carbocycles. The normalized spacial score (nSPS) is 11.1. The first-order valence-electron chi connectivity index (χ1n) is 6.39. The number of benzene rings is 1. The Labute approximate surface area is 117 Å². The number of rotatable bonds is 2. The molecule has 0 aliphatic heterocycles. The van der Waals surface area contributed by atoms with Gasteiger partial charge in [-0.25, -0.2) is 0 Å². The molecule has 1 aromatic carbocycles. The third kappa shape index (κ3) is 3.05. The molecule has 0 fully saturated rings. The van der Waals surface area contributed by atoms with Crippen LogP contribution >= 0.6 is 0 Å². The number of hydrogen-bond donors (Lipinski definition) is 0. The fourth-order valence-corrected chi connectivity index (χ4v) is 5.80. The molecule has 3 heteroatoms. The van der Waals surface area contributed by atoms with Crippen LogP contribution in [0.25, 0.3) is 11.3 Å². The van der Waals surface area contributed by atoms with Crippen LogP contribution in [-0.4, -0.2) is 18.3 Å². The van der Waals surface area contributed by atoms with Gasteiger partial charge in [0.25, 0.3) is 0 Å². The molecule has 0 atom stereocenters. The number of aromatic nitrogens is 1. The van der Waals surface area contributed by atoms with Crippen LogP contribution in [0.1, 0.15) is 11.1 Å². The van der Waals surface area contributed by atoms with Gasteiger partial charge in [-0.05, 0) is 0 Å². The standard InChI is InChI=1S/C16H18GeN2/c1-12-9-16(19-11-15(12)17(2,3)4)14-7-5-13(10-18)6-8-14/h5-9,11H,1-4H3. The summed E-state index contributed by atoms with van der Waals surface area (Å²) >= 11 is -1.82. The van der Waals surface area contributed by atoms with E-state index in [9.17, 15) is 0 Å². The topological polar surface area (TPSA) is 36.7 Å². The fourth-order valence-electron chi connectivity index (χ4n) is 2.21. The Balaban J connectivity index is 2.42. The van der Waals surface area contributed by atoms with Crippen molar-refractivity contribution in [3.05, 3.63) is 47.7 Å². The van der Waals surface area contributed by atoms with Crippen molar-refractivity contribution >= 4 is 17.7 Å². The summed E-state index contributed by atoms with van der Waals surface area (Å²) in [7, 11) is 0. The van der Waals surface area contributed by atoms with Gasteiger partial charge >= 0.3 is 117 Å². The second-order valence-electron chi connectivity index (χ2n) is 5.82. The van der Waals surface area contributed by atoms with E-state index in [1.807, 2.05) is 30.5 Å². The van der Waals surface area contributed by atoms with E-state index >= 15 is 0 Å². The van der Waals surface area contributed by atoms with Crippen LogP contribution in [0.5, 0.6) is 0 Å². The molecular weight excluding hydrogens is 293 g/mol. The van der Waals surface area contributed by atoms with Gasteiger partial charge in [-0.15, -0.1) is 0 Å². The van der Waals surface area contributed by atoms with Gasteiger partial charge in [-0.2, -0.15) is 0 Å². The molecule has 96 valence electrons. The number of aryl methyl sites for hydroxylation is 1. The summed E-state index contributed by atoms with van der Waals surface area (Å²) in [6.45, 7) is 2.17. The maximum atomic E-state index is 8.81. The molecule has 0 radical (unpaired) electrons. The average Bonchev–Trinajstić information content (AvgIpc) is 2.37. The Kier molecular flexibility index (Phi) is 3.77. The monoisotopic (exact) mass is 312 g/mol. The molecule has 0 N–H and O–H groups in total. The molecule has 0 spiro atoms. The summed E-state index contributed by atoms with van der Waals surface area (Å²) in [6.07, 6.45) is 2.04. The van der Waals surface area contributed by atoms with Crippen molar-refractivity contribution in [2.24, 2.45) is 0 Å². The van der Waals surface area contributed by atoms with Gasteiger partial charge in [0.05, 0.1) is 0 Å². The van der Waals surface area contributed by atoms with Crippen molar-refractivity contribution in [2.75, 3.05) is 0 Å². The van der Waals surface area contributed by atoms with Gasteiger partial charge in [0.15, 0.2) is 0 Å². The van der Waals surface area contributed by atoms with Crippen molar-refractivity contribution in [1.29, 1.82) is 5.26 Å². The first-order chi connectivity index (χ1) is 8.91. The van der Waals surface area contributed by atoms with E-state index < -0.39 is 13.3 Å². The van der Waals surface area contributed by atoms with Gasteiger partial charge < -0.3 is 0 Å². The van der Waals surface area contributed by atoms with E-state index in [1.165, 1.54) is 9.96 Å². The molecule has 0 amide bonds. The van der Waals surface area contributed by atoms with Crippen LogP contribution < -0.4 is 4.40 Å². The molecule has 2 nitrogen and oxygen atoms in total. The van der Waals surface area contributed by atoms with E-state index in [0.29, 0.717) is 5.56 Å². The second-order valence-corrected chi connectivity index (χ2v) is 16.4. The summed E-state index contributed by atoms with van der Waals surface area (Å²) in [5.41, 5.74) is 4.07. The second kappa shape index (κ2) is 5.18. The van der Waals surface area contributed by atoms with Crippen molar-refractivity contribution in [2.45, 2.75) is 24.2 Å². The van der Waals surface area contributed by atoms with Crippen molar-refractivity contribution in [3.63, 3.8) is 0 Å². The molecule has 1 aromatic heterocycles. The summed E-state index contributed by atoms with van der Waals surface area (Å²) in [6, 6.07) is 11.9. The predicted molar refractivity (Wildman–Crippen MR) is 82.1 cm³/mol. The van der Waals surface area contributed by atoms with E-state index in [1.54, 1.807) is 0 Å². The molecule has 1 heterocycles. The zero-order chi connectivity index (χ0) is 14.0. The molecule has 2 aromatic rings. The molecule has 2 rings (SSSR count). The fraction of sp³-hybridized carbons (Fsp3) is 0.250. The zero-order valence-electron chi connectivity index (χ0n) is 11.9. The average molecular weight is 311 g/mol. The summed E-state index contributed by atoms with van der Waals surface area (Å²) in [5, 5.41) is 8.81. The molecule has 0 aliphatic carbocycles. The van der Waals surface area contributed by atoms with Gasteiger partial charge in [0.1, 0.15) is 0 Å². The summed E-state index contributed by atoms with van der Waals surface area (Å²) < 4.78 is 1.46. The molecule has 0 bridgehead atoms. The van der Waals surface area contributed by atoms with Crippen molar-refractivity contribution < 1.29 is 0 Å². The van der Waals surface area contributed by atoms with Gasteiger partial charge in [-0.3, -0.25) is 0 Å². The number of hydrogen-bond acceptors (Lipinski definition) is 2. The summed E-state index contributed by atoms with van der Waals surface area (Å²) in [4.78, 5) is 4.60. The Morgan fingerprint density at radius 2 is 1.74 bits per heavy atom. The van der Waals surface area contributed by atoms with Crippen LogP contribution in [0.4, 0.5) is 0 Å². The van der Waals surface area contributed by atoms with E-state index in [-0.39, 0.29) is 0 Å². The quantitative estimate of drug-likeness (QED) is 0.796. The van der Waals surface area contributed by atoms with Gasteiger partial charge in [0, 0.05) is 0 Å². The van der Waals surface area contributed by atoms with Crippen LogP contribution in [-0.2, 0) is 0 Å². The Bertz CT molecular complexity index is 631. The Hall–Kier alpha value is -1.60. The predicted octanol–water partition coefficient (Wildman–Crippen LogP) is 3.47. The maximum absolute atomic E-state index is 8.81. The Morgan fingerprint density at radius 3 is 2.21 bits per heavy atom. The van der Waals surface area contributed by atoms with E-state index in [0.717, 1.165) is 11.3 Å². The van der Waals surface area contributed by atoms with Crippen LogP contribution in [0.2, 0.25) is 17.3 Å². The van der Waals surface area contributed by atoms with Gasteiger partial charge in [-0.1, -0.05) is 0 Å². The number of nitrogens with zero attached hydrogens (tertiary/aromatic N) is 2. The van der Waals surface area contributed by atoms with Gasteiger partial charge in [0.2, 0.25) is 0 Å². The number of nitriles is 1. The molecular formula is C16H18GeN2. The summed E-state index contributed by atoms with van der Waals surface area (Å²) in [5.74, 6) is 7.14. The van der Waals surface area contributed by atoms with Crippen LogP contribution in [0, 0.1) is 18.3 Å².